The first-order valence-corrected chi connectivity index (χ1v) is 6.79. The van der Waals surface area contributed by atoms with Gasteiger partial charge < -0.3 is 9.73 Å². The van der Waals surface area contributed by atoms with Crippen LogP contribution in [0.1, 0.15) is 29.1 Å². The summed E-state index contributed by atoms with van der Waals surface area (Å²) in [6.07, 6.45) is 0. The molecule has 1 N–H and O–H groups in total. The van der Waals surface area contributed by atoms with Crippen LogP contribution in [0.4, 0.5) is 8.78 Å². The molecule has 22 heavy (non-hydrogen) atoms. The average molecular weight is 301 g/mol. The maximum absolute atomic E-state index is 13.2. The maximum atomic E-state index is 13.2. The fourth-order valence-electron chi connectivity index (χ4n) is 2.23. The third-order valence-electron chi connectivity index (χ3n) is 3.44. The lowest BCUT2D eigenvalue weighted by Crippen LogP contribution is -2.26. The normalized spacial score (nSPS) is 12.3. The molecule has 0 bridgehead atoms. The molecule has 5 heteroatoms. The van der Waals surface area contributed by atoms with Gasteiger partial charge in [0.25, 0.3) is 5.91 Å². The van der Waals surface area contributed by atoms with Crippen LogP contribution in [0.25, 0.3) is 11.0 Å². The van der Waals surface area contributed by atoms with Crippen LogP contribution in [0.2, 0.25) is 0 Å². The second kappa shape index (κ2) is 5.60. The summed E-state index contributed by atoms with van der Waals surface area (Å²) < 4.78 is 31.6. The highest BCUT2D eigenvalue weighted by atomic mass is 19.2. The Morgan fingerprint density at radius 3 is 2.59 bits per heavy atom. The Hall–Kier alpha value is -2.69. The van der Waals surface area contributed by atoms with Crippen LogP contribution >= 0.6 is 0 Å². The molecule has 0 radical (unpaired) electrons. The molecule has 0 aliphatic carbocycles. The van der Waals surface area contributed by atoms with Crippen molar-refractivity contribution in [3.63, 3.8) is 0 Å². The van der Waals surface area contributed by atoms with Crippen molar-refractivity contribution in [2.24, 2.45) is 0 Å². The van der Waals surface area contributed by atoms with E-state index in [2.05, 4.69) is 5.32 Å². The Kier molecular flexibility index (Phi) is 3.63. The largest absolute Gasteiger partial charge is 0.451 e. The van der Waals surface area contributed by atoms with E-state index in [4.69, 9.17) is 4.42 Å². The van der Waals surface area contributed by atoms with E-state index in [1.807, 2.05) is 18.2 Å². The predicted octanol–water partition coefficient (Wildman–Crippen LogP) is 4.20. The van der Waals surface area contributed by atoms with Crippen LogP contribution in [0.15, 0.2) is 52.9 Å². The molecule has 0 saturated heterocycles. The van der Waals surface area contributed by atoms with Gasteiger partial charge in [-0.05, 0) is 36.8 Å². The Bertz CT molecular complexity index is 809. The molecule has 3 rings (SSSR count). The summed E-state index contributed by atoms with van der Waals surface area (Å²) in [4.78, 5) is 12.2. The lowest BCUT2D eigenvalue weighted by molar-refractivity contribution is 0.0914. The molecule has 1 amide bonds. The van der Waals surface area contributed by atoms with Gasteiger partial charge in [-0.25, -0.2) is 8.78 Å². The van der Waals surface area contributed by atoms with E-state index >= 15 is 0 Å². The molecule has 1 heterocycles. The SMILES string of the molecule is CC(NC(=O)c1cc2ccccc2o1)c1ccc(F)c(F)c1. The fourth-order valence-corrected chi connectivity index (χ4v) is 2.23. The molecule has 2 aromatic carbocycles. The first-order valence-electron chi connectivity index (χ1n) is 6.79. The quantitative estimate of drug-likeness (QED) is 0.787. The summed E-state index contributed by atoms with van der Waals surface area (Å²) >= 11 is 0. The Morgan fingerprint density at radius 2 is 1.86 bits per heavy atom. The number of hydrogen-bond acceptors (Lipinski definition) is 2. The minimum Gasteiger partial charge on any atom is -0.451 e. The first kappa shape index (κ1) is 14.3. The zero-order valence-electron chi connectivity index (χ0n) is 11.8. The van der Waals surface area contributed by atoms with E-state index in [-0.39, 0.29) is 5.76 Å². The number of furan rings is 1. The smallest absolute Gasteiger partial charge is 0.287 e. The molecule has 1 aromatic heterocycles. The van der Waals surface area contributed by atoms with Crippen LogP contribution in [-0.4, -0.2) is 5.91 Å². The number of carbonyl (C=O) groups excluding carboxylic acids is 1. The van der Waals surface area contributed by atoms with Crippen LogP contribution in [0.5, 0.6) is 0 Å². The van der Waals surface area contributed by atoms with Crippen molar-refractivity contribution in [2.45, 2.75) is 13.0 Å². The third-order valence-corrected chi connectivity index (χ3v) is 3.44. The molecule has 0 saturated carbocycles. The lowest BCUT2D eigenvalue weighted by atomic mass is 10.1. The maximum Gasteiger partial charge on any atom is 0.287 e. The van der Waals surface area contributed by atoms with Crippen LogP contribution in [0.3, 0.4) is 0 Å². The number of amides is 1. The van der Waals surface area contributed by atoms with E-state index in [9.17, 15) is 13.6 Å². The van der Waals surface area contributed by atoms with Crippen molar-refractivity contribution < 1.29 is 18.0 Å². The third kappa shape index (κ3) is 2.70. The number of benzene rings is 2. The number of hydrogen-bond donors (Lipinski definition) is 1. The monoisotopic (exact) mass is 301 g/mol. The summed E-state index contributed by atoms with van der Waals surface area (Å²) in [5.41, 5.74) is 1.09. The Balaban J connectivity index is 1.79. The number of carbonyl (C=O) groups is 1. The second-order valence-electron chi connectivity index (χ2n) is 5.02. The molecule has 1 atom stereocenters. The van der Waals surface area contributed by atoms with Gasteiger partial charge in [-0.2, -0.15) is 0 Å². The zero-order valence-corrected chi connectivity index (χ0v) is 11.8. The molecule has 3 aromatic rings. The molecule has 0 spiro atoms. The van der Waals surface area contributed by atoms with Crippen LogP contribution in [0, 0.1) is 11.6 Å². The van der Waals surface area contributed by atoms with Crippen molar-refractivity contribution in [1.29, 1.82) is 0 Å². The molecule has 0 fully saturated rings. The molecule has 1 unspecified atom stereocenters. The van der Waals surface area contributed by atoms with E-state index < -0.39 is 23.6 Å². The van der Waals surface area contributed by atoms with E-state index in [0.717, 1.165) is 17.5 Å². The molecule has 3 nitrogen and oxygen atoms in total. The highest BCUT2D eigenvalue weighted by Crippen LogP contribution is 2.20. The van der Waals surface area contributed by atoms with E-state index in [0.29, 0.717) is 11.1 Å². The Morgan fingerprint density at radius 1 is 1.09 bits per heavy atom. The van der Waals surface area contributed by atoms with Gasteiger partial charge in [0, 0.05) is 5.39 Å². The fraction of sp³-hybridized carbons (Fsp3) is 0.118. The molecular formula is C17H13F2NO2. The van der Waals surface area contributed by atoms with Crippen LogP contribution < -0.4 is 5.32 Å². The topological polar surface area (TPSA) is 42.2 Å². The summed E-state index contributed by atoms with van der Waals surface area (Å²) in [6, 6.07) is 12.0. The zero-order chi connectivity index (χ0) is 15.7. The van der Waals surface area contributed by atoms with Crippen molar-refractivity contribution >= 4 is 16.9 Å². The average Bonchev–Trinajstić information content (AvgIpc) is 2.94. The summed E-state index contributed by atoms with van der Waals surface area (Å²) in [6.45, 7) is 1.69. The summed E-state index contributed by atoms with van der Waals surface area (Å²) in [5.74, 6) is -2.09. The van der Waals surface area contributed by atoms with E-state index in [1.165, 1.54) is 6.07 Å². The number of fused-ring (bicyclic) bond motifs is 1. The summed E-state index contributed by atoms with van der Waals surface area (Å²) in [5, 5.41) is 3.53. The minimum absolute atomic E-state index is 0.177. The number of halogens is 2. The van der Waals surface area contributed by atoms with Crippen LogP contribution in [-0.2, 0) is 0 Å². The van der Waals surface area contributed by atoms with Gasteiger partial charge in [0.2, 0.25) is 0 Å². The second-order valence-corrected chi connectivity index (χ2v) is 5.02. The standard InChI is InChI=1S/C17H13F2NO2/c1-10(11-6-7-13(18)14(19)8-11)20-17(21)16-9-12-4-2-3-5-15(12)22-16/h2-10H,1H3,(H,20,21). The van der Waals surface area contributed by atoms with Gasteiger partial charge in [0.15, 0.2) is 17.4 Å². The summed E-state index contributed by atoms with van der Waals surface area (Å²) in [7, 11) is 0. The van der Waals surface area contributed by atoms with Gasteiger partial charge >= 0.3 is 0 Å². The number of rotatable bonds is 3. The van der Waals surface area contributed by atoms with Crippen molar-refractivity contribution in [3.05, 3.63) is 71.5 Å². The molecule has 112 valence electrons. The highest BCUT2D eigenvalue weighted by Gasteiger charge is 2.16. The van der Waals surface area contributed by atoms with Crippen molar-refractivity contribution in [2.75, 3.05) is 0 Å². The van der Waals surface area contributed by atoms with Crippen molar-refractivity contribution in [1.82, 2.24) is 5.32 Å². The number of para-hydroxylation sites is 1. The molecule has 0 aliphatic rings. The highest BCUT2D eigenvalue weighted by molar-refractivity contribution is 5.96. The van der Waals surface area contributed by atoms with Gasteiger partial charge in [0.1, 0.15) is 5.58 Å². The van der Waals surface area contributed by atoms with Crippen molar-refractivity contribution in [3.8, 4) is 0 Å². The lowest BCUT2D eigenvalue weighted by Gasteiger charge is -2.13. The molecule has 0 aliphatic heterocycles. The minimum atomic E-state index is -0.942. The molecular weight excluding hydrogens is 288 g/mol. The predicted molar refractivity (Wildman–Crippen MR) is 78.5 cm³/mol. The number of nitrogens with one attached hydrogen (secondary N) is 1. The van der Waals surface area contributed by atoms with E-state index in [1.54, 1.807) is 19.1 Å². The van der Waals surface area contributed by atoms with Gasteiger partial charge in [0.05, 0.1) is 6.04 Å². The first-order chi connectivity index (χ1) is 10.5. The van der Waals surface area contributed by atoms with Gasteiger partial charge in [-0.15, -0.1) is 0 Å². The van der Waals surface area contributed by atoms with Gasteiger partial charge in [-0.1, -0.05) is 24.3 Å². The Labute approximate surface area is 125 Å². The van der Waals surface area contributed by atoms with Gasteiger partial charge in [-0.3, -0.25) is 4.79 Å².